The molecule has 1 N–H and O–H groups in total. The maximum absolute atomic E-state index is 11.8. The van der Waals surface area contributed by atoms with Crippen LogP contribution in [0, 0.1) is 0 Å². The highest BCUT2D eigenvalue weighted by Crippen LogP contribution is 2.26. The molecule has 0 radical (unpaired) electrons. The summed E-state index contributed by atoms with van der Waals surface area (Å²) in [5.74, 6) is -0.104. The fraction of sp³-hybridized carbons (Fsp3) is 0.900. The fourth-order valence-corrected chi connectivity index (χ4v) is 1.55. The minimum atomic E-state index is -4.16. The van der Waals surface area contributed by atoms with Gasteiger partial charge in [-0.1, -0.05) is 0 Å². The van der Waals surface area contributed by atoms with E-state index in [1.165, 1.54) is 0 Å². The molecule has 0 aromatic carbocycles. The summed E-state index contributed by atoms with van der Waals surface area (Å²) in [6.45, 7) is 2.31. The Kier molecular flexibility index (Phi) is 4.58. The van der Waals surface area contributed by atoms with E-state index >= 15 is 0 Å². The molecule has 0 aromatic rings. The lowest BCUT2D eigenvalue weighted by Gasteiger charge is -2.20. The fourth-order valence-electron chi connectivity index (χ4n) is 1.55. The van der Waals surface area contributed by atoms with E-state index < -0.39 is 12.6 Å². The molecule has 0 aliphatic heterocycles. The average molecular weight is 238 g/mol. The first kappa shape index (κ1) is 13.3. The van der Waals surface area contributed by atoms with Crippen LogP contribution in [0.25, 0.3) is 0 Å². The lowest BCUT2D eigenvalue weighted by molar-refractivity contribution is -0.136. The van der Waals surface area contributed by atoms with Crippen molar-refractivity contribution in [1.82, 2.24) is 10.2 Å². The molecule has 0 aromatic heterocycles. The van der Waals surface area contributed by atoms with Crippen molar-refractivity contribution in [3.05, 3.63) is 0 Å². The zero-order chi connectivity index (χ0) is 12.2. The van der Waals surface area contributed by atoms with Crippen molar-refractivity contribution in [2.75, 3.05) is 19.6 Å². The maximum Gasteiger partial charge on any atom is 0.390 e. The highest BCUT2D eigenvalue weighted by molar-refractivity contribution is 5.78. The summed E-state index contributed by atoms with van der Waals surface area (Å²) < 4.78 is 35.4. The van der Waals surface area contributed by atoms with Gasteiger partial charge in [0.25, 0.3) is 0 Å². The molecule has 0 saturated heterocycles. The molecule has 1 aliphatic rings. The minimum absolute atomic E-state index is 0.000417. The van der Waals surface area contributed by atoms with Crippen LogP contribution in [0.15, 0.2) is 0 Å². The molecular weight excluding hydrogens is 221 g/mol. The number of carbonyl (C=O) groups excluding carboxylic acids is 1. The first-order chi connectivity index (χ1) is 7.44. The van der Waals surface area contributed by atoms with Crippen LogP contribution in [0.4, 0.5) is 13.2 Å². The number of nitrogens with one attached hydrogen (secondary N) is 1. The van der Waals surface area contributed by atoms with Gasteiger partial charge in [-0.05, 0) is 19.8 Å². The third kappa shape index (κ3) is 4.83. The molecule has 3 nitrogen and oxygen atoms in total. The minimum Gasteiger partial charge on any atom is -0.339 e. The lowest BCUT2D eigenvalue weighted by Crippen LogP contribution is -2.40. The number of nitrogens with zero attached hydrogens (tertiary/aromatic N) is 1. The average Bonchev–Trinajstić information content (AvgIpc) is 2.96. The SMILES string of the molecule is CCN(C(=O)CNCCC(F)(F)F)C1CC1. The molecule has 0 bridgehead atoms. The number of halogens is 3. The molecule has 1 fully saturated rings. The standard InChI is InChI=1S/C10H17F3N2O/c1-2-15(8-3-4-8)9(16)7-14-6-5-10(11,12)13/h8,14H,2-7H2,1H3. The van der Waals surface area contributed by atoms with Gasteiger partial charge in [0.2, 0.25) is 5.91 Å². The van der Waals surface area contributed by atoms with E-state index in [0.29, 0.717) is 12.6 Å². The summed E-state index contributed by atoms with van der Waals surface area (Å²) in [5.41, 5.74) is 0. The summed E-state index contributed by atoms with van der Waals surface area (Å²) in [7, 11) is 0. The van der Waals surface area contributed by atoms with E-state index in [9.17, 15) is 18.0 Å². The quantitative estimate of drug-likeness (QED) is 0.712. The molecule has 0 atom stereocenters. The smallest absolute Gasteiger partial charge is 0.339 e. The lowest BCUT2D eigenvalue weighted by atomic mass is 10.4. The molecule has 94 valence electrons. The van der Waals surface area contributed by atoms with Gasteiger partial charge < -0.3 is 10.2 Å². The van der Waals surface area contributed by atoms with Crippen molar-refractivity contribution < 1.29 is 18.0 Å². The van der Waals surface area contributed by atoms with E-state index in [1.54, 1.807) is 4.90 Å². The largest absolute Gasteiger partial charge is 0.390 e. The Morgan fingerprint density at radius 1 is 1.44 bits per heavy atom. The van der Waals surface area contributed by atoms with Crippen LogP contribution in [0.2, 0.25) is 0 Å². The van der Waals surface area contributed by atoms with Crippen molar-refractivity contribution in [3.8, 4) is 0 Å². The van der Waals surface area contributed by atoms with Crippen LogP contribution in [0.3, 0.4) is 0 Å². The Hall–Kier alpha value is -0.780. The normalized spacial score (nSPS) is 16.2. The van der Waals surface area contributed by atoms with E-state index in [0.717, 1.165) is 12.8 Å². The maximum atomic E-state index is 11.8. The Morgan fingerprint density at radius 3 is 2.50 bits per heavy atom. The predicted octanol–water partition coefficient (Wildman–Crippen LogP) is 1.54. The number of rotatable bonds is 6. The van der Waals surface area contributed by atoms with Crippen LogP contribution < -0.4 is 5.32 Å². The van der Waals surface area contributed by atoms with Gasteiger partial charge in [0.15, 0.2) is 0 Å². The van der Waals surface area contributed by atoms with Crippen molar-refractivity contribution in [2.45, 2.75) is 38.4 Å². The van der Waals surface area contributed by atoms with Gasteiger partial charge in [0, 0.05) is 19.1 Å². The van der Waals surface area contributed by atoms with Crippen LogP contribution >= 0.6 is 0 Å². The molecular formula is C10H17F3N2O. The summed E-state index contributed by atoms with van der Waals surface area (Å²) >= 11 is 0. The number of alkyl halides is 3. The molecule has 0 spiro atoms. The highest BCUT2D eigenvalue weighted by atomic mass is 19.4. The highest BCUT2D eigenvalue weighted by Gasteiger charge is 2.31. The summed E-state index contributed by atoms with van der Waals surface area (Å²) in [4.78, 5) is 13.3. The third-order valence-corrected chi connectivity index (χ3v) is 2.51. The molecule has 1 saturated carbocycles. The van der Waals surface area contributed by atoms with Crippen molar-refractivity contribution >= 4 is 5.91 Å². The van der Waals surface area contributed by atoms with Crippen LogP contribution in [-0.4, -0.2) is 42.7 Å². The zero-order valence-corrected chi connectivity index (χ0v) is 9.31. The summed E-state index contributed by atoms with van der Waals surface area (Å²) in [5, 5.41) is 2.53. The van der Waals surface area contributed by atoms with E-state index in [2.05, 4.69) is 5.32 Å². The molecule has 6 heteroatoms. The Balaban J connectivity index is 2.14. The zero-order valence-electron chi connectivity index (χ0n) is 9.31. The molecule has 0 heterocycles. The van der Waals surface area contributed by atoms with Crippen LogP contribution in [0.5, 0.6) is 0 Å². The van der Waals surface area contributed by atoms with Gasteiger partial charge in [-0.2, -0.15) is 13.2 Å². The van der Waals surface area contributed by atoms with Crippen LogP contribution in [-0.2, 0) is 4.79 Å². The van der Waals surface area contributed by atoms with Gasteiger partial charge in [0.1, 0.15) is 0 Å². The van der Waals surface area contributed by atoms with E-state index in [4.69, 9.17) is 0 Å². The van der Waals surface area contributed by atoms with Crippen molar-refractivity contribution in [3.63, 3.8) is 0 Å². The van der Waals surface area contributed by atoms with Crippen molar-refractivity contribution in [1.29, 1.82) is 0 Å². The van der Waals surface area contributed by atoms with E-state index in [1.807, 2.05) is 6.92 Å². The molecule has 16 heavy (non-hydrogen) atoms. The summed E-state index contributed by atoms with van der Waals surface area (Å²) in [6.07, 6.45) is -3.02. The topological polar surface area (TPSA) is 32.3 Å². The summed E-state index contributed by atoms with van der Waals surface area (Å²) in [6, 6.07) is 0.321. The molecule has 1 rings (SSSR count). The molecule has 0 unspecified atom stereocenters. The second-order valence-corrected chi connectivity index (χ2v) is 3.95. The van der Waals surface area contributed by atoms with Gasteiger partial charge in [0.05, 0.1) is 13.0 Å². The number of amides is 1. The Morgan fingerprint density at radius 2 is 2.06 bits per heavy atom. The Bertz CT molecular complexity index is 239. The first-order valence-electron chi connectivity index (χ1n) is 5.51. The van der Waals surface area contributed by atoms with E-state index in [-0.39, 0.29) is 19.0 Å². The first-order valence-corrected chi connectivity index (χ1v) is 5.51. The molecule has 1 aliphatic carbocycles. The predicted molar refractivity (Wildman–Crippen MR) is 54.0 cm³/mol. The Labute approximate surface area is 93.0 Å². The number of hydrogen-bond donors (Lipinski definition) is 1. The number of hydrogen-bond acceptors (Lipinski definition) is 2. The number of carbonyl (C=O) groups is 1. The molecule has 1 amide bonds. The second kappa shape index (κ2) is 5.52. The number of likely N-dealkylation sites (N-methyl/N-ethyl adjacent to an activating group) is 1. The van der Waals surface area contributed by atoms with Gasteiger partial charge in [-0.3, -0.25) is 4.79 Å². The van der Waals surface area contributed by atoms with Gasteiger partial charge in [-0.25, -0.2) is 0 Å². The second-order valence-electron chi connectivity index (χ2n) is 3.95. The van der Waals surface area contributed by atoms with Gasteiger partial charge >= 0.3 is 6.18 Å². The monoisotopic (exact) mass is 238 g/mol. The van der Waals surface area contributed by atoms with Crippen molar-refractivity contribution in [2.24, 2.45) is 0 Å². The van der Waals surface area contributed by atoms with Crippen LogP contribution in [0.1, 0.15) is 26.2 Å². The third-order valence-electron chi connectivity index (χ3n) is 2.51. The van der Waals surface area contributed by atoms with Gasteiger partial charge in [-0.15, -0.1) is 0 Å².